The molecule has 0 fully saturated rings. The molecule has 1 unspecified atom stereocenters. The fourth-order valence-corrected chi connectivity index (χ4v) is 3.11. The third kappa shape index (κ3) is 4.51. The van der Waals surface area contributed by atoms with Crippen molar-refractivity contribution >= 4 is 11.9 Å². The van der Waals surface area contributed by atoms with Gasteiger partial charge in [0.1, 0.15) is 17.0 Å². The van der Waals surface area contributed by atoms with Gasteiger partial charge in [-0.05, 0) is 23.6 Å². The molecule has 30 heavy (non-hydrogen) atoms. The first-order valence-electron chi connectivity index (χ1n) is 9.43. The van der Waals surface area contributed by atoms with Crippen molar-refractivity contribution in [3.05, 3.63) is 58.1 Å². The number of rotatable bonds is 8. The van der Waals surface area contributed by atoms with E-state index >= 15 is 0 Å². The molecule has 1 aromatic carbocycles. The molecule has 0 spiro atoms. The number of hydrogen-bond donors (Lipinski definition) is 2. The largest absolute Gasteiger partial charge is 0.493 e. The minimum absolute atomic E-state index is 0.0700. The zero-order valence-electron chi connectivity index (χ0n) is 16.9. The molecule has 1 aromatic rings. The normalized spacial score (nSPS) is 12.1. The van der Waals surface area contributed by atoms with Crippen LogP contribution in [-0.4, -0.2) is 45.5 Å². The third-order valence-electron chi connectivity index (χ3n) is 4.56. The maximum atomic E-state index is 12.2. The highest BCUT2D eigenvalue weighted by Gasteiger charge is 2.25. The molecular weight excluding hydrogens is 390 g/mol. The highest BCUT2D eigenvalue weighted by atomic mass is 16.5. The van der Waals surface area contributed by atoms with E-state index in [0.717, 1.165) is 0 Å². The van der Waals surface area contributed by atoms with Gasteiger partial charge >= 0.3 is 11.9 Å². The van der Waals surface area contributed by atoms with Gasteiger partial charge in [0.2, 0.25) is 0 Å². The van der Waals surface area contributed by atoms with E-state index in [0.29, 0.717) is 23.8 Å². The van der Waals surface area contributed by atoms with Crippen LogP contribution in [0.2, 0.25) is 0 Å². The molecule has 0 saturated heterocycles. The molecular formula is C21H23N3O6. The first-order chi connectivity index (χ1) is 14.3. The number of H-pyrrole nitrogens is 1. The van der Waals surface area contributed by atoms with Crippen molar-refractivity contribution in [2.45, 2.75) is 26.3 Å². The third-order valence-corrected chi connectivity index (χ3v) is 4.56. The zero-order chi connectivity index (χ0) is 21.8. The molecule has 9 heteroatoms. The monoisotopic (exact) mass is 413 g/mol. The summed E-state index contributed by atoms with van der Waals surface area (Å²) in [6.07, 6.45) is 2.69. The molecule has 0 aromatic heterocycles. The van der Waals surface area contributed by atoms with Crippen LogP contribution in [0.4, 0.5) is 0 Å². The Morgan fingerprint density at radius 2 is 1.90 bits per heavy atom. The number of carbonyl (C=O) groups excluding carboxylic acids is 1. The Balaban J connectivity index is 2.06. The van der Waals surface area contributed by atoms with Crippen LogP contribution < -0.4 is 10.3 Å². The number of methoxy groups -OCH3 is 1. The summed E-state index contributed by atoms with van der Waals surface area (Å²) in [5.74, 6) is -0.650. The Morgan fingerprint density at radius 3 is 2.50 bits per heavy atom. The van der Waals surface area contributed by atoms with Gasteiger partial charge in [0, 0.05) is 12.4 Å². The summed E-state index contributed by atoms with van der Waals surface area (Å²) in [4.78, 5) is 35.9. The SMILES string of the molecule is COC(=O)c1cn(C(CC(=O)O)c2ccc(OCC(C)C)cc2)cc2c(=O)[nH]nc1-2. The standard InChI is InChI=1S/C21H23N3O6/c1-12(2)11-30-14-6-4-13(5-7-14)17(8-18(25)26)24-9-15-19(22-23-20(15)27)16(10-24)21(28)29-3/h4-7,9-10,12,17H,8,11H2,1-3H3,(H,23,27)(H,25,26). The molecule has 0 bridgehead atoms. The number of benzene rings is 1. The van der Waals surface area contributed by atoms with Gasteiger partial charge in [-0.25, -0.2) is 9.89 Å². The minimum Gasteiger partial charge on any atom is -0.493 e. The van der Waals surface area contributed by atoms with Crippen LogP contribution in [0.1, 0.15) is 42.2 Å². The lowest BCUT2D eigenvalue weighted by Crippen LogP contribution is -2.19. The van der Waals surface area contributed by atoms with Gasteiger partial charge in [-0.2, -0.15) is 5.10 Å². The van der Waals surface area contributed by atoms with Crippen molar-refractivity contribution in [1.82, 2.24) is 14.8 Å². The summed E-state index contributed by atoms with van der Waals surface area (Å²) in [6.45, 7) is 4.66. The molecule has 0 aliphatic carbocycles. The van der Waals surface area contributed by atoms with E-state index in [1.54, 1.807) is 24.3 Å². The number of hydrogen-bond acceptors (Lipinski definition) is 6. The van der Waals surface area contributed by atoms with E-state index in [4.69, 9.17) is 9.47 Å². The molecule has 2 aliphatic heterocycles. The molecule has 2 heterocycles. The number of carbonyl (C=O) groups is 2. The van der Waals surface area contributed by atoms with Gasteiger partial charge in [-0.15, -0.1) is 0 Å². The van der Waals surface area contributed by atoms with Crippen molar-refractivity contribution in [1.29, 1.82) is 0 Å². The van der Waals surface area contributed by atoms with Gasteiger partial charge in [0.05, 0.1) is 31.7 Å². The number of fused-ring (bicyclic) bond motifs is 1. The summed E-state index contributed by atoms with van der Waals surface area (Å²) in [6, 6.07) is 6.41. The van der Waals surface area contributed by atoms with Crippen LogP contribution >= 0.6 is 0 Å². The molecule has 0 radical (unpaired) electrons. The van der Waals surface area contributed by atoms with E-state index < -0.39 is 23.5 Å². The zero-order valence-corrected chi connectivity index (χ0v) is 16.9. The van der Waals surface area contributed by atoms with E-state index in [1.165, 1.54) is 24.1 Å². The second-order valence-corrected chi connectivity index (χ2v) is 7.31. The second-order valence-electron chi connectivity index (χ2n) is 7.31. The first kappa shape index (κ1) is 21.1. The number of pyridine rings is 1. The van der Waals surface area contributed by atoms with Crippen molar-refractivity contribution in [2.75, 3.05) is 13.7 Å². The topological polar surface area (TPSA) is 124 Å². The number of carboxylic acids is 1. The number of aromatic amines is 1. The molecule has 2 aliphatic rings. The Bertz CT molecular complexity index is 1070. The fourth-order valence-electron chi connectivity index (χ4n) is 3.11. The molecule has 3 rings (SSSR count). The highest BCUT2D eigenvalue weighted by molar-refractivity contribution is 5.96. The Labute approximate surface area is 172 Å². The highest BCUT2D eigenvalue weighted by Crippen LogP contribution is 2.29. The Kier molecular flexibility index (Phi) is 6.20. The molecule has 158 valence electrons. The summed E-state index contributed by atoms with van der Waals surface area (Å²) in [7, 11) is 1.22. The van der Waals surface area contributed by atoms with Crippen LogP contribution in [0.25, 0.3) is 11.3 Å². The van der Waals surface area contributed by atoms with Gasteiger partial charge in [-0.1, -0.05) is 26.0 Å². The fraction of sp³-hybridized carbons (Fsp3) is 0.333. The number of ether oxygens (including phenoxy) is 2. The summed E-state index contributed by atoms with van der Waals surface area (Å²) < 4.78 is 12.0. The smallest absolute Gasteiger partial charge is 0.341 e. The number of aliphatic carboxylic acids is 1. The lowest BCUT2D eigenvalue weighted by molar-refractivity contribution is -0.137. The van der Waals surface area contributed by atoms with Gasteiger partial charge in [0.15, 0.2) is 0 Å². The Hall–Kier alpha value is -3.62. The van der Waals surface area contributed by atoms with E-state index in [9.17, 15) is 19.5 Å². The first-order valence-corrected chi connectivity index (χ1v) is 9.43. The molecule has 0 saturated carbocycles. The average Bonchev–Trinajstić information content (AvgIpc) is 3.10. The second kappa shape index (κ2) is 8.81. The number of aromatic nitrogens is 3. The summed E-state index contributed by atoms with van der Waals surface area (Å²) >= 11 is 0. The van der Waals surface area contributed by atoms with Crippen molar-refractivity contribution in [3.8, 4) is 17.0 Å². The molecule has 9 nitrogen and oxygen atoms in total. The van der Waals surface area contributed by atoms with Crippen LogP contribution in [-0.2, 0) is 9.53 Å². The number of nitrogens with one attached hydrogen (secondary N) is 1. The predicted octanol–water partition coefficient (Wildman–Crippen LogP) is 2.56. The van der Waals surface area contributed by atoms with Crippen molar-refractivity contribution < 1.29 is 24.2 Å². The van der Waals surface area contributed by atoms with E-state index in [-0.39, 0.29) is 23.2 Å². The van der Waals surface area contributed by atoms with Crippen molar-refractivity contribution in [2.24, 2.45) is 5.92 Å². The van der Waals surface area contributed by atoms with Gasteiger partial charge < -0.3 is 19.1 Å². The van der Waals surface area contributed by atoms with E-state index in [2.05, 4.69) is 10.2 Å². The summed E-state index contributed by atoms with van der Waals surface area (Å²) in [5.41, 5.74) is 0.627. The Morgan fingerprint density at radius 1 is 1.20 bits per heavy atom. The van der Waals surface area contributed by atoms with Crippen molar-refractivity contribution in [3.63, 3.8) is 0 Å². The van der Waals surface area contributed by atoms with Crippen LogP contribution in [0.3, 0.4) is 0 Å². The van der Waals surface area contributed by atoms with Gasteiger partial charge in [0.25, 0.3) is 5.56 Å². The van der Waals surface area contributed by atoms with Crippen LogP contribution in [0.15, 0.2) is 41.5 Å². The van der Waals surface area contributed by atoms with Crippen LogP contribution in [0.5, 0.6) is 5.75 Å². The van der Waals surface area contributed by atoms with Gasteiger partial charge in [-0.3, -0.25) is 9.59 Å². The molecule has 1 atom stereocenters. The number of esters is 1. The lowest BCUT2D eigenvalue weighted by atomic mass is 10.0. The maximum Gasteiger partial charge on any atom is 0.341 e. The maximum absolute atomic E-state index is 12.2. The summed E-state index contributed by atoms with van der Waals surface area (Å²) in [5, 5.41) is 15.6. The predicted molar refractivity (Wildman–Crippen MR) is 108 cm³/mol. The van der Waals surface area contributed by atoms with E-state index in [1.807, 2.05) is 13.8 Å². The minimum atomic E-state index is -1.03. The number of nitrogens with zero attached hydrogens (tertiary/aromatic N) is 2. The average molecular weight is 413 g/mol. The molecule has 0 amide bonds. The quantitative estimate of drug-likeness (QED) is 0.544. The number of carboxylic acid groups (broad SMARTS) is 1. The lowest BCUT2D eigenvalue weighted by Gasteiger charge is -2.22. The molecule has 2 N–H and O–H groups in total. The van der Waals surface area contributed by atoms with Crippen LogP contribution in [0, 0.1) is 5.92 Å².